The van der Waals surface area contributed by atoms with Gasteiger partial charge in [-0.3, -0.25) is 0 Å². The normalized spacial score (nSPS) is 19.9. The molecule has 3 heterocycles. The fourth-order valence-electron chi connectivity index (χ4n) is 3.51. The first kappa shape index (κ1) is 17.0. The number of anilines is 1. The van der Waals surface area contributed by atoms with Crippen LogP contribution in [0.5, 0.6) is 0 Å². The molecule has 0 spiro atoms. The van der Waals surface area contributed by atoms with Crippen LogP contribution in [0.2, 0.25) is 0 Å². The van der Waals surface area contributed by atoms with Crippen molar-refractivity contribution >= 4 is 16.7 Å². The van der Waals surface area contributed by atoms with Crippen LogP contribution in [0, 0.1) is 5.92 Å². The van der Waals surface area contributed by atoms with E-state index >= 15 is 0 Å². The molecule has 2 aromatic heterocycles. The van der Waals surface area contributed by atoms with E-state index in [0.29, 0.717) is 5.92 Å². The Kier molecular flexibility index (Phi) is 5.13. The van der Waals surface area contributed by atoms with Crippen LogP contribution in [0.3, 0.4) is 0 Å². The zero-order valence-electron chi connectivity index (χ0n) is 15.1. The lowest BCUT2D eigenvalue weighted by Gasteiger charge is -2.19. The predicted octanol–water partition coefficient (Wildman–Crippen LogP) is 2.75. The Balaban J connectivity index is 1.24. The fourth-order valence-corrected chi connectivity index (χ4v) is 3.51. The predicted molar refractivity (Wildman–Crippen MR) is 103 cm³/mol. The quantitative estimate of drug-likeness (QED) is 0.641. The molecule has 0 saturated carbocycles. The Labute approximate surface area is 153 Å². The van der Waals surface area contributed by atoms with Crippen molar-refractivity contribution in [1.82, 2.24) is 19.9 Å². The first-order valence-electron chi connectivity index (χ1n) is 9.20. The summed E-state index contributed by atoms with van der Waals surface area (Å²) < 4.78 is 7.96. The molecule has 2 atom stereocenters. The first-order chi connectivity index (χ1) is 12.8. The highest BCUT2D eigenvalue weighted by Gasteiger charge is 2.31. The van der Waals surface area contributed by atoms with Crippen molar-refractivity contribution in [2.45, 2.75) is 12.5 Å². The van der Waals surface area contributed by atoms with Crippen LogP contribution in [0.25, 0.3) is 10.9 Å². The Morgan fingerprint density at radius 2 is 2.12 bits per heavy atom. The second-order valence-electron chi connectivity index (χ2n) is 6.76. The lowest BCUT2D eigenvalue weighted by Crippen LogP contribution is -2.29. The summed E-state index contributed by atoms with van der Waals surface area (Å²) in [5.74, 6) is 2.41. The van der Waals surface area contributed by atoms with Gasteiger partial charge in [-0.15, -0.1) is 0 Å². The summed E-state index contributed by atoms with van der Waals surface area (Å²) in [5, 5.41) is 8.09. The largest absolute Gasteiger partial charge is 0.370 e. The van der Waals surface area contributed by atoms with Gasteiger partial charge in [0.1, 0.15) is 17.7 Å². The van der Waals surface area contributed by atoms with E-state index in [0.717, 1.165) is 55.2 Å². The maximum Gasteiger partial charge on any atom is 0.137 e. The first-order valence-corrected chi connectivity index (χ1v) is 9.20. The van der Waals surface area contributed by atoms with Crippen molar-refractivity contribution in [3.8, 4) is 0 Å². The van der Waals surface area contributed by atoms with E-state index in [9.17, 15) is 0 Å². The number of nitrogens with one attached hydrogen (secondary N) is 2. The smallest absolute Gasteiger partial charge is 0.137 e. The third kappa shape index (κ3) is 3.71. The van der Waals surface area contributed by atoms with E-state index in [1.165, 1.54) is 0 Å². The van der Waals surface area contributed by atoms with Gasteiger partial charge in [-0.25, -0.2) is 9.97 Å². The van der Waals surface area contributed by atoms with Crippen molar-refractivity contribution in [3.63, 3.8) is 0 Å². The molecule has 6 nitrogen and oxygen atoms in total. The molecule has 1 aliphatic heterocycles. The average molecular weight is 351 g/mol. The summed E-state index contributed by atoms with van der Waals surface area (Å²) >= 11 is 0. The molecule has 1 aliphatic rings. The average Bonchev–Trinajstić information content (AvgIpc) is 3.29. The highest BCUT2D eigenvalue weighted by atomic mass is 16.5. The summed E-state index contributed by atoms with van der Waals surface area (Å²) in [7, 11) is 2.02. The molecule has 0 unspecified atom stereocenters. The number of benzene rings is 1. The molecule has 6 heteroatoms. The summed E-state index contributed by atoms with van der Waals surface area (Å²) in [5.41, 5.74) is 1.02. The lowest BCUT2D eigenvalue weighted by atomic mass is 10.0. The zero-order valence-corrected chi connectivity index (χ0v) is 15.1. The molecule has 1 aromatic carbocycles. The van der Waals surface area contributed by atoms with Crippen LogP contribution in [0.15, 0.2) is 48.8 Å². The molecule has 26 heavy (non-hydrogen) atoms. The van der Waals surface area contributed by atoms with Crippen LogP contribution >= 0.6 is 0 Å². The minimum Gasteiger partial charge on any atom is -0.370 e. The SMILES string of the molecule is Cn1ccnc1[C@@H]1OCC[C@H]1CNCCNc1ccc2ccccc2n1. The van der Waals surface area contributed by atoms with E-state index in [4.69, 9.17) is 4.74 Å². The standard InChI is InChI=1S/C20H25N5O/c1-25-12-11-23-20(25)19-16(8-13-26-19)14-21-9-10-22-18-7-6-15-4-2-3-5-17(15)24-18/h2-7,11-12,16,19,21H,8-10,13-14H2,1H3,(H,22,24)/t16-,19+/m0/s1. The van der Waals surface area contributed by atoms with Crippen molar-refractivity contribution in [2.24, 2.45) is 13.0 Å². The summed E-state index contributed by atoms with van der Waals surface area (Å²) in [6.45, 7) is 3.47. The number of nitrogens with zero attached hydrogens (tertiary/aromatic N) is 3. The van der Waals surface area contributed by atoms with Gasteiger partial charge >= 0.3 is 0 Å². The van der Waals surface area contributed by atoms with Crippen LogP contribution in [0.1, 0.15) is 18.3 Å². The molecule has 3 aromatic rings. The summed E-state index contributed by atoms with van der Waals surface area (Å²) in [6.07, 6.45) is 4.98. The van der Waals surface area contributed by atoms with Gasteiger partial charge in [0.15, 0.2) is 0 Å². The minimum absolute atomic E-state index is 0.0950. The number of fused-ring (bicyclic) bond motifs is 1. The molecule has 1 fully saturated rings. The van der Waals surface area contributed by atoms with Gasteiger partial charge in [0.2, 0.25) is 0 Å². The van der Waals surface area contributed by atoms with Crippen molar-refractivity contribution in [2.75, 3.05) is 31.6 Å². The lowest BCUT2D eigenvalue weighted by molar-refractivity contribution is 0.0812. The third-order valence-electron chi connectivity index (χ3n) is 4.94. The molecule has 4 rings (SSSR count). The van der Waals surface area contributed by atoms with Gasteiger partial charge in [-0.05, 0) is 24.6 Å². The molecular weight excluding hydrogens is 326 g/mol. The van der Waals surface area contributed by atoms with Gasteiger partial charge < -0.3 is 19.9 Å². The van der Waals surface area contributed by atoms with Crippen LogP contribution in [0.4, 0.5) is 5.82 Å². The maximum atomic E-state index is 5.91. The van der Waals surface area contributed by atoms with Gasteiger partial charge in [0, 0.05) is 57.0 Å². The van der Waals surface area contributed by atoms with E-state index in [1.54, 1.807) is 0 Å². The van der Waals surface area contributed by atoms with Crippen LogP contribution < -0.4 is 10.6 Å². The second-order valence-corrected chi connectivity index (χ2v) is 6.76. The van der Waals surface area contributed by atoms with Gasteiger partial charge in [0.25, 0.3) is 0 Å². The van der Waals surface area contributed by atoms with E-state index in [1.807, 2.05) is 43.7 Å². The van der Waals surface area contributed by atoms with Gasteiger partial charge in [-0.2, -0.15) is 0 Å². The number of hydrogen-bond acceptors (Lipinski definition) is 5. The minimum atomic E-state index is 0.0950. The number of aryl methyl sites for hydroxylation is 1. The Bertz CT molecular complexity index is 862. The van der Waals surface area contributed by atoms with E-state index in [-0.39, 0.29) is 6.10 Å². The number of hydrogen-bond donors (Lipinski definition) is 2. The van der Waals surface area contributed by atoms with Gasteiger partial charge in [0.05, 0.1) is 5.52 Å². The maximum absolute atomic E-state index is 5.91. The van der Waals surface area contributed by atoms with Crippen molar-refractivity contribution in [3.05, 3.63) is 54.6 Å². The molecule has 1 saturated heterocycles. The molecule has 0 bridgehead atoms. The molecule has 136 valence electrons. The molecule has 0 amide bonds. The Morgan fingerprint density at radius 3 is 3.00 bits per heavy atom. The molecule has 0 radical (unpaired) electrons. The number of rotatable bonds is 7. The van der Waals surface area contributed by atoms with Crippen molar-refractivity contribution < 1.29 is 4.74 Å². The Hall–Kier alpha value is -2.44. The zero-order chi connectivity index (χ0) is 17.8. The highest BCUT2D eigenvalue weighted by Crippen LogP contribution is 2.32. The van der Waals surface area contributed by atoms with E-state index < -0.39 is 0 Å². The van der Waals surface area contributed by atoms with E-state index in [2.05, 4.69) is 37.3 Å². The summed E-state index contributed by atoms with van der Waals surface area (Å²) in [4.78, 5) is 9.08. The van der Waals surface area contributed by atoms with Gasteiger partial charge in [-0.1, -0.05) is 18.2 Å². The third-order valence-corrected chi connectivity index (χ3v) is 4.94. The number of pyridine rings is 1. The number of imidazole rings is 1. The topological polar surface area (TPSA) is 64.0 Å². The number of ether oxygens (including phenoxy) is 1. The summed E-state index contributed by atoms with van der Waals surface area (Å²) in [6, 6.07) is 12.3. The second kappa shape index (κ2) is 7.85. The van der Waals surface area contributed by atoms with Crippen LogP contribution in [-0.2, 0) is 11.8 Å². The Morgan fingerprint density at radius 1 is 1.19 bits per heavy atom. The molecular formula is C20H25N5O. The van der Waals surface area contributed by atoms with Crippen LogP contribution in [-0.4, -0.2) is 40.8 Å². The monoisotopic (exact) mass is 351 g/mol. The highest BCUT2D eigenvalue weighted by molar-refractivity contribution is 5.79. The number of aromatic nitrogens is 3. The fraction of sp³-hybridized carbons (Fsp3) is 0.400. The molecule has 0 aliphatic carbocycles. The van der Waals surface area contributed by atoms with Crippen molar-refractivity contribution in [1.29, 1.82) is 0 Å². The number of para-hydroxylation sites is 1. The molecule has 2 N–H and O–H groups in total.